The van der Waals surface area contributed by atoms with E-state index in [4.69, 9.17) is 0 Å². The second-order valence-corrected chi connectivity index (χ2v) is 10.2. The highest BCUT2D eigenvalue weighted by Crippen LogP contribution is 2.34. The Labute approximate surface area is 232 Å². The molecule has 0 bridgehead atoms. The maximum Gasteiger partial charge on any atom is 0.329 e. The molecule has 3 N–H and O–H groups in total. The van der Waals surface area contributed by atoms with Crippen LogP contribution in [0.1, 0.15) is 67.5 Å². The molecular weight excluding hydrogens is 516 g/mol. The van der Waals surface area contributed by atoms with Gasteiger partial charge in [-0.05, 0) is 30.5 Å². The Morgan fingerprint density at radius 3 is 2.23 bits per heavy atom. The van der Waals surface area contributed by atoms with Crippen LogP contribution in [0.3, 0.4) is 0 Å². The van der Waals surface area contributed by atoms with Gasteiger partial charge in [-0.1, -0.05) is 62.6 Å². The van der Waals surface area contributed by atoms with Gasteiger partial charge in [-0.2, -0.15) is 0 Å². The van der Waals surface area contributed by atoms with Gasteiger partial charge in [-0.15, -0.1) is 0 Å². The molecule has 10 heteroatoms. The lowest BCUT2D eigenvalue weighted by Crippen LogP contribution is -2.47. The summed E-state index contributed by atoms with van der Waals surface area (Å²) >= 11 is 0. The summed E-state index contributed by atoms with van der Waals surface area (Å²) in [6.07, 6.45) is 5.38. The first-order chi connectivity index (χ1) is 19.3. The van der Waals surface area contributed by atoms with Gasteiger partial charge in [0.1, 0.15) is 5.69 Å². The summed E-state index contributed by atoms with van der Waals surface area (Å²) in [5.74, 6) is -2.37. The minimum absolute atomic E-state index is 0.00719. The Hall–Kier alpha value is -3.79. The van der Waals surface area contributed by atoms with Crippen molar-refractivity contribution in [1.29, 1.82) is 0 Å². The molecule has 1 aliphatic carbocycles. The minimum atomic E-state index is -0.972. The molecule has 214 valence electrons. The molecule has 2 amide bonds. The van der Waals surface area contributed by atoms with Crippen molar-refractivity contribution in [2.45, 2.75) is 58.0 Å². The third-order valence-corrected chi connectivity index (χ3v) is 7.44. The highest BCUT2D eigenvalue weighted by molar-refractivity contribution is 5.99. The lowest BCUT2D eigenvalue weighted by atomic mass is 9.94. The fourth-order valence-corrected chi connectivity index (χ4v) is 5.31. The van der Waals surface area contributed by atoms with Crippen LogP contribution in [0.25, 0.3) is 11.3 Å². The molecule has 2 fully saturated rings. The van der Waals surface area contributed by atoms with E-state index < -0.39 is 11.6 Å². The summed E-state index contributed by atoms with van der Waals surface area (Å²) in [4.78, 5) is 39.3. The van der Waals surface area contributed by atoms with Gasteiger partial charge in [0.15, 0.2) is 11.6 Å². The van der Waals surface area contributed by atoms with E-state index in [0.29, 0.717) is 49.6 Å². The van der Waals surface area contributed by atoms with E-state index in [1.54, 1.807) is 16.4 Å². The monoisotopic (exact) mass is 553 g/mol. The Balaban J connectivity index is 0.000000681. The molecule has 1 saturated heterocycles. The number of nitrogens with zero attached hydrogens (tertiary/aromatic N) is 3. The van der Waals surface area contributed by atoms with Crippen molar-refractivity contribution in [2.24, 2.45) is 5.73 Å². The number of carbonyl (C=O) groups is 2. The van der Waals surface area contributed by atoms with E-state index in [1.165, 1.54) is 10.6 Å². The average Bonchev–Trinajstić information content (AvgIpc) is 3.27. The third-order valence-electron chi connectivity index (χ3n) is 7.44. The summed E-state index contributed by atoms with van der Waals surface area (Å²) in [6, 6.07) is 13.2. The largest absolute Gasteiger partial charge is 0.370 e. The van der Waals surface area contributed by atoms with Crippen molar-refractivity contribution in [1.82, 2.24) is 19.4 Å². The van der Waals surface area contributed by atoms with E-state index in [9.17, 15) is 23.2 Å². The van der Waals surface area contributed by atoms with Gasteiger partial charge >= 0.3 is 5.69 Å². The van der Waals surface area contributed by atoms with Crippen LogP contribution in [-0.2, 0) is 11.3 Å². The first kappa shape index (κ1) is 29.2. The molecule has 0 radical (unpaired) electrons. The lowest BCUT2D eigenvalue weighted by Gasteiger charge is -2.28. The normalized spacial score (nSPS) is 15.8. The molecule has 5 rings (SSSR count). The van der Waals surface area contributed by atoms with Crippen molar-refractivity contribution < 1.29 is 18.4 Å². The standard InChI is InChI=1S/C27H30F2N4O2.C3H7NO/c28-22-12-11-19(17-23(22)29)18-32-25(26(34)31-15-13-30-14-16-31)24(20-7-3-1-4-8-20)33(27(32)35)21-9-5-2-6-10-21;1-2-3(4)5/h1,3-4,7-8,11-12,17,21,30H,2,5-6,9-10,13-16,18H2;2H2,1H3,(H2,4,5). The Kier molecular flexibility index (Phi) is 9.87. The number of hydrogen-bond acceptors (Lipinski definition) is 4. The molecular formula is C30H37F2N5O3. The van der Waals surface area contributed by atoms with Crippen LogP contribution in [0, 0.1) is 11.6 Å². The van der Waals surface area contributed by atoms with E-state index in [-0.39, 0.29) is 30.1 Å². The summed E-state index contributed by atoms with van der Waals surface area (Å²) < 4.78 is 30.9. The number of benzene rings is 2. The molecule has 3 aromatic rings. The first-order valence-electron chi connectivity index (χ1n) is 13.9. The molecule has 2 aliphatic rings. The third kappa shape index (κ3) is 6.67. The maximum atomic E-state index is 14.0. The van der Waals surface area contributed by atoms with Gasteiger partial charge < -0.3 is 16.0 Å². The van der Waals surface area contributed by atoms with Gasteiger partial charge in [0, 0.05) is 44.2 Å². The van der Waals surface area contributed by atoms with Gasteiger partial charge in [-0.25, -0.2) is 13.6 Å². The molecule has 0 atom stereocenters. The van der Waals surface area contributed by atoms with Crippen LogP contribution < -0.4 is 16.7 Å². The average molecular weight is 554 g/mol. The smallest absolute Gasteiger partial charge is 0.329 e. The number of rotatable bonds is 6. The zero-order valence-electron chi connectivity index (χ0n) is 22.9. The maximum absolute atomic E-state index is 14.0. The molecule has 2 aromatic carbocycles. The molecule has 8 nitrogen and oxygen atoms in total. The first-order valence-corrected chi connectivity index (χ1v) is 13.9. The summed E-state index contributed by atoms with van der Waals surface area (Å²) in [5, 5.41) is 3.26. The predicted molar refractivity (Wildman–Crippen MR) is 150 cm³/mol. The van der Waals surface area contributed by atoms with Crippen LogP contribution in [0.5, 0.6) is 0 Å². The van der Waals surface area contributed by atoms with Crippen molar-refractivity contribution >= 4 is 11.8 Å². The van der Waals surface area contributed by atoms with E-state index >= 15 is 0 Å². The Bertz CT molecular complexity index is 1370. The van der Waals surface area contributed by atoms with Crippen LogP contribution in [0.15, 0.2) is 53.3 Å². The SMILES string of the molecule is CCC(N)=O.O=C(c1c(-c2ccccc2)n(C2CCCCC2)c(=O)n1Cc1ccc(F)c(F)c1)N1CCNCC1. The fourth-order valence-electron chi connectivity index (χ4n) is 5.31. The van der Waals surface area contributed by atoms with Gasteiger partial charge in [0.25, 0.3) is 5.91 Å². The number of halogens is 2. The molecule has 1 aromatic heterocycles. The lowest BCUT2D eigenvalue weighted by molar-refractivity contribution is -0.117. The summed E-state index contributed by atoms with van der Waals surface area (Å²) in [7, 11) is 0. The molecule has 1 aliphatic heterocycles. The number of carbonyl (C=O) groups excluding carboxylic acids is 2. The summed E-state index contributed by atoms with van der Waals surface area (Å²) in [6.45, 7) is 4.17. The highest BCUT2D eigenvalue weighted by Gasteiger charge is 2.33. The topological polar surface area (TPSA) is 102 Å². The Morgan fingerprint density at radius 2 is 1.62 bits per heavy atom. The van der Waals surface area contributed by atoms with Crippen molar-refractivity contribution in [2.75, 3.05) is 26.2 Å². The molecule has 0 unspecified atom stereocenters. The van der Waals surface area contributed by atoms with Gasteiger partial charge in [0.2, 0.25) is 5.91 Å². The Morgan fingerprint density at radius 1 is 0.975 bits per heavy atom. The second kappa shape index (κ2) is 13.5. The number of amides is 2. The zero-order chi connectivity index (χ0) is 28.6. The number of nitrogens with one attached hydrogen (secondary N) is 1. The fraction of sp³-hybridized carbons (Fsp3) is 0.433. The minimum Gasteiger partial charge on any atom is -0.370 e. The van der Waals surface area contributed by atoms with Crippen LogP contribution in [0.2, 0.25) is 0 Å². The number of piperazine rings is 1. The molecule has 0 spiro atoms. The second-order valence-electron chi connectivity index (χ2n) is 10.2. The summed E-state index contributed by atoms with van der Waals surface area (Å²) in [5.41, 5.74) is 6.55. The van der Waals surface area contributed by atoms with Crippen LogP contribution >= 0.6 is 0 Å². The van der Waals surface area contributed by atoms with E-state index in [1.807, 2.05) is 30.3 Å². The number of imidazole rings is 1. The van der Waals surface area contributed by atoms with Crippen molar-refractivity contribution in [3.63, 3.8) is 0 Å². The highest BCUT2D eigenvalue weighted by atomic mass is 19.2. The van der Waals surface area contributed by atoms with Gasteiger partial charge in [0.05, 0.1) is 12.2 Å². The van der Waals surface area contributed by atoms with E-state index in [2.05, 4.69) is 11.1 Å². The molecule has 40 heavy (non-hydrogen) atoms. The van der Waals surface area contributed by atoms with Crippen LogP contribution in [0.4, 0.5) is 8.78 Å². The quantitative estimate of drug-likeness (QED) is 0.480. The zero-order valence-corrected chi connectivity index (χ0v) is 22.9. The van der Waals surface area contributed by atoms with Crippen molar-refractivity contribution in [3.05, 3.63) is 81.9 Å². The van der Waals surface area contributed by atoms with E-state index in [0.717, 1.165) is 49.8 Å². The van der Waals surface area contributed by atoms with Crippen LogP contribution in [-0.4, -0.2) is 52.0 Å². The number of primary amides is 1. The molecule has 2 heterocycles. The van der Waals surface area contributed by atoms with Crippen molar-refractivity contribution in [3.8, 4) is 11.3 Å². The molecule has 1 saturated carbocycles. The van der Waals surface area contributed by atoms with Gasteiger partial charge in [-0.3, -0.25) is 18.7 Å². The number of nitrogens with two attached hydrogens (primary N) is 1. The number of aromatic nitrogens is 2. The predicted octanol–water partition coefficient (Wildman–Crippen LogP) is 4.08. The number of hydrogen-bond donors (Lipinski definition) is 2.